The van der Waals surface area contributed by atoms with E-state index >= 15 is 0 Å². The molecule has 0 radical (unpaired) electrons. The van der Waals surface area contributed by atoms with E-state index in [0.717, 1.165) is 38.2 Å². The molecule has 0 fully saturated rings. The van der Waals surface area contributed by atoms with Gasteiger partial charge in [0.05, 0.1) is 0 Å². The van der Waals surface area contributed by atoms with Gasteiger partial charge in [-0.25, -0.2) is 0 Å². The molecule has 0 atom stereocenters. The number of anilines is 5. The molecule has 0 aliphatic carbocycles. The van der Waals surface area contributed by atoms with E-state index in [-0.39, 0.29) is 10.8 Å². The molecule has 0 aliphatic rings. The average Bonchev–Trinajstić information content (AvgIpc) is 3.07. The highest BCUT2D eigenvalue weighted by Gasteiger charge is 2.18. The Morgan fingerprint density at radius 2 is 0.896 bits per heavy atom. The molecular weight excluding hydrogens is 716 g/mol. The molecule has 0 spiro atoms. The van der Waals surface area contributed by atoms with Crippen LogP contribution in [0.5, 0.6) is 0 Å². The van der Waals surface area contributed by atoms with Crippen LogP contribution in [0.15, 0.2) is 149 Å². The Hall–Kier alpha value is -3.86. The number of allylic oxidation sites excluding steroid dienone is 3. The number of hydrogen-bond donors (Lipinski definition) is 0. The summed E-state index contributed by atoms with van der Waals surface area (Å²) in [5.41, 5.74) is 10.9. The normalized spacial score (nSPS) is 12.4. The highest BCUT2D eigenvalue weighted by Crippen LogP contribution is 2.38. The molecule has 246 valence electrons. The molecule has 5 aromatic carbocycles. The lowest BCUT2D eigenvalue weighted by Gasteiger charge is -2.27. The molecule has 0 aliphatic heterocycles. The molecule has 0 saturated carbocycles. The van der Waals surface area contributed by atoms with Crippen molar-refractivity contribution in [3.05, 3.63) is 160 Å². The molecule has 5 rings (SSSR count). The quantitative estimate of drug-likeness (QED) is 0.138. The van der Waals surface area contributed by atoms with Crippen LogP contribution >= 0.6 is 31.9 Å². The van der Waals surface area contributed by atoms with Gasteiger partial charge in [-0.05, 0) is 113 Å². The fourth-order valence-corrected chi connectivity index (χ4v) is 6.10. The Morgan fingerprint density at radius 3 is 1.29 bits per heavy atom. The van der Waals surface area contributed by atoms with Gasteiger partial charge in [-0.1, -0.05) is 140 Å². The van der Waals surface area contributed by atoms with Gasteiger partial charge >= 0.3 is 0 Å². The van der Waals surface area contributed by atoms with Crippen molar-refractivity contribution in [3.8, 4) is 11.1 Å². The minimum absolute atomic E-state index is 0.104. The standard InChI is InChI=1S/C44H46Br2N2/c1-8-36(45)10-9-31-47(39-25-15-34(16-26-39)43(2,3)4)38-21-11-32(12-22-38)33-13-23-40(24-14-33)48(42-29-19-37(46)20-30-42)41-27-17-35(18-28-41)44(5,6)7/h8-30H,31H2,1-7H3/b10-9-,36-8+. The second kappa shape index (κ2) is 15.1. The van der Waals surface area contributed by atoms with Crippen LogP contribution < -0.4 is 9.80 Å². The second-order valence-electron chi connectivity index (χ2n) is 14.2. The van der Waals surface area contributed by atoms with Crippen LogP contribution in [0.4, 0.5) is 28.4 Å². The zero-order valence-corrected chi connectivity index (χ0v) is 32.3. The van der Waals surface area contributed by atoms with E-state index in [1.165, 1.54) is 27.9 Å². The lowest BCUT2D eigenvalue weighted by atomic mass is 9.87. The molecule has 0 amide bonds. The summed E-state index contributed by atoms with van der Waals surface area (Å²) in [5, 5.41) is 0. The molecule has 48 heavy (non-hydrogen) atoms. The first-order valence-electron chi connectivity index (χ1n) is 16.6. The molecule has 0 heterocycles. The summed E-state index contributed by atoms with van der Waals surface area (Å²) >= 11 is 7.21. The smallest absolute Gasteiger partial charge is 0.0462 e. The lowest BCUT2D eigenvalue weighted by molar-refractivity contribution is 0.590. The van der Waals surface area contributed by atoms with Gasteiger partial charge in [0.15, 0.2) is 0 Å². The number of rotatable bonds is 9. The highest BCUT2D eigenvalue weighted by atomic mass is 79.9. The lowest BCUT2D eigenvalue weighted by Crippen LogP contribution is -2.17. The van der Waals surface area contributed by atoms with E-state index in [1.807, 2.05) is 6.92 Å². The van der Waals surface area contributed by atoms with Crippen molar-refractivity contribution in [1.29, 1.82) is 0 Å². The monoisotopic (exact) mass is 760 g/mol. The molecule has 0 bridgehead atoms. The Balaban J connectivity index is 1.43. The Bertz CT molecular complexity index is 1840. The molecule has 5 aromatic rings. The molecule has 0 aromatic heterocycles. The molecule has 4 heteroatoms. The molecular formula is C44H46Br2N2. The van der Waals surface area contributed by atoms with Gasteiger partial charge in [0, 0.05) is 43.9 Å². The van der Waals surface area contributed by atoms with E-state index in [0.29, 0.717) is 0 Å². The summed E-state index contributed by atoms with van der Waals surface area (Å²) in [4.78, 5) is 4.67. The van der Waals surface area contributed by atoms with Crippen LogP contribution in [0, 0.1) is 0 Å². The van der Waals surface area contributed by atoms with Gasteiger partial charge in [0.25, 0.3) is 0 Å². The predicted octanol–water partition coefficient (Wildman–Crippen LogP) is 14.2. The van der Waals surface area contributed by atoms with E-state index in [4.69, 9.17) is 0 Å². The van der Waals surface area contributed by atoms with Crippen molar-refractivity contribution in [2.24, 2.45) is 0 Å². The zero-order chi connectivity index (χ0) is 34.5. The molecule has 2 nitrogen and oxygen atoms in total. The van der Waals surface area contributed by atoms with Gasteiger partial charge in [0.1, 0.15) is 0 Å². The SMILES string of the molecule is C/C=C(Br)\C=C/CN(c1ccc(-c2ccc(N(c3ccc(Br)cc3)c3ccc(C(C)(C)C)cc3)cc2)cc1)c1ccc(C(C)(C)C)cc1. The maximum atomic E-state index is 3.61. The zero-order valence-electron chi connectivity index (χ0n) is 29.1. The Morgan fingerprint density at radius 1 is 0.542 bits per heavy atom. The molecule has 0 saturated heterocycles. The topological polar surface area (TPSA) is 6.48 Å². The highest BCUT2D eigenvalue weighted by molar-refractivity contribution is 9.12. The first-order valence-corrected chi connectivity index (χ1v) is 18.2. The van der Waals surface area contributed by atoms with E-state index < -0.39 is 0 Å². The third kappa shape index (κ3) is 8.78. The summed E-state index contributed by atoms with van der Waals surface area (Å²) in [5.74, 6) is 0. The number of benzene rings is 5. The summed E-state index contributed by atoms with van der Waals surface area (Å²) in [6.07, 6.45) is 6.37. The van der Waals surface area contributed by atoms with Crippen LogP contribution in [-0.4, -0.2) is 6.54 Å². The van der Waals surface area contributed by atoms with Crippen LogP contribution in [-0.2, 0) is 10.8 Å². The van der Waals surface area contributed by atoms with Gasteiger partial charge in [0.2, 0.25) is 0 Å². The van der Waals surface area contributed by atoms with E-state index in [2.05, 4.69) is 223 Å². The number of halogens is 2. The maximum absolute atomic E-state index is 3.61. The summed E-state index contributed by atoms with van der Waals surface area (Å²) in [6.45, 7) is 16.3. The van der Waals surface area contributed by atoms with Gasteiger partial charge in [-0.3, -0.25) is 0 Å². The van der Waals surface area contributed by atoms with Crippen LogP contribution in [0.3, 0.4) is 0 Å². The fraction of sp³-hybridized carbons (Fsp3) is 0.227. The van der Waals surface area contributed by atoms with Gasteiger partial charge in [-0.15, -0.1) is 0 Å². The molecule has 0 unspecified atom stereocenters. The second-order valence-corrected chi connectivity index (χ2v) is 16.0. The van der Waals surface area contributed by atoms with Gasteiger partial charge in [-0.2, -0.15) is 0 Å². The van der Waals surface area contributed by atoms with Crippen molar-refractivity contribution in [2.75, 3.05) is 16.3 Å². The molecule has 0 N–H and O–H groups in total. The van der Waals surface area contributed by atoms with E-state index in [9.17, 15) is 0 Å². The van der Waals surface area contributed by atoms with Crippen molar-refractivity contribution in [3.63, 3.8) is 0 Å². The Labute approximate surface area is 305 Å². The average molecular weight is 763 g/mol. The van der Waals surface area contributed by atoms with Crippen LogP contribution in [0.25, 0.3) is 11.1 Å². The minimum Gasteiger partial charge on any atom is -0.338 e. The van der Waals surface area contributed by atoms with E-state index in [1.54, 1.807) is 0 Å². The summed E-state index contributed by atoms with van der Waals surface area (Å²) in [6, 6.07) is 44.2. The number of nitrogens with zero attached hydrogens (tertiary/aromatic N) is 2. The van der Waals surface area contributed by atoms with Crippen molar-refractivity contribution in [2.45, 2.75) is 59.3 Å². The third-order valence-electron chi connectivity index (χ3n) is 8.60. The van der Waals surface area contributed by atoms with Gasteiger partial charge < -0.3 is 9.80 Å². The minimum atomic E-state index is 0.104. The maximum Gasteiger partial charge on any atom is 0.0462 e. The largest absolute Gasteiger partial charge is 0.338 e. The van der Waals surface area contributed by atoms with Crippen LogP contribution in [0.2, 0.25) is 0 Å². The first-order chi connectivity index (χ1) is 22.8. The van der Waals surface area contributed by atoms with Crippen molar-refractivity contribution in [1.82, 2.24) is 0 Å². The first kappa shape index (κ1) is 35.4. The Kier molecular flexibility index (Phi) is 11.2. The summed E-state index contributed by atoms with van der Waals surface area (Å²) in [7, 11) is 0. The number of hydrogen-bond acceptors (Lipinski definition) is 2. The predicted molar refractivity (Wildman–Crippen MR) is 217 cm³/mol. The third-order valence-corrected chi connectivity index (χ3v) is 9.85. The van der Waals surface area contributed by atoms with Crippen molar-refractivity contribution < 1.29 is 0 Å². The fourth-order valence-electron chi connectivity index (χ4n) is 5.65. The van der Waals surface area contributed by atoms with Crippen LogP contribution in [0.1, 0.15) is 59.6 Å². The van der Waals surface area contributed by atoms with Crippen molar-refractivity contribution >= 4 is 60.3 Å². The summed E-state index contributed by atoms with van der Waals surface area (Å²) < 4.78 is 2.14.